The molecule has 202 valence electrons. The van der Waals surface area contributed by atoms with E-state index in [1.165, 1.54) is 12.1 Å². The number of nitrogens with two attached hydrogens (primary N) is 2. The van der Waals surface area contributed by atoms with Gasteiger partial charge in [0.2, 0.25) is 17.7 Å². The first-order valence-corrected chi connectivity index (χ1v) is 12.0. The Labute approximate surface area is 210 Å². The first-order valence-electron chi connectivity index (χ1n) is 12.0. The molecular weight excluding hydrogens is 470 g/mol. The van der Waals surface area contributed by atoms with Gasteiger partial charge < -0.3 is 42.7 Å². The van der Waals surface area contributed by atoms with Crippen molar-refractivity contribution in [2.45, 2.75) is 70.1 Å². The van der Waals surface area contributed by atoms with Crippen molar-refractivity contribution in [1.82, 2.24) is 16.0 Å². The summed E-state index contributed by atoms with van der Waals surface area (Å²) in [5, 5.41) is 35.8. The van der Waals surface area contributed by atoms with Crippen molar-refractivity contribution in [2.24, 2.45) is 17.4 Å². The number of hydrogen-bond donors (Lipinski definition) is 8. The summed E-state index contributed by atoms with van der Waals surface area (Å²) >= 11 is 0. The van der Waals surface area contributed by atoms with Crippen LogP contribution in [0.2, 0.25) is 0 Å². The molecule has 0 fully saturated rings. The first-order chi connectivity index (χ1) is 17.0. The summed E-state index contributed by atoms with van der Waals surface area (Å²) in [4.78, 5) is 50.2. The Morgan fingerprint density at radius 1 is 0.944 bits per heavy atom. The van der Waals surface area contributed by atoms with Crippen molar-refractivity contribution in [3.63, 3.8) is 0 Å². The van der Waals surface area contributed by atoms with Crippen LogP contribution in [0, 0.1) is 5.92 Å². The lowest BCUT2D eigenvalue weighted by Gasteiger charge is -2.26. The number of amides is 3. The van der Waals surface area contributed by atoms with Crippen LogP contribution < -0.4 is 27.4 Å². The molecule has 1 aromatic carbocycles. The third-order valence-electron chi connectivity index (χ3n) is 5.90. The summed E-state index contributed by atoms with van der Waals surface area (Å²) in [5.41, 5.74) is 11.7. The monoisotopic (exact) mass is 509 g/mol. The number of unbranched alkanes of at least 4 members (excludes halogenated alkanes) is 1. The number of aromatic hydroxyl groups is 1. The zero-order valence-corrected chi connectivity index (χ0v) is 20.8. The van der Waals surface area contributed by atoms with Gasteiger partial charge in [0.25, 0.3) is 0 Å². The van der Waals surface area contributed by atoms with Crippen LogP contribution in [0.3, 0.4) is 0 Å². The molecule has 5 atom stereocenters. The van der Waals surface area contributed by atoms with E-state index in [-0.39, 0.29) is 24.5 Å². The molecule has 0 aliphatic heterocycles. The minimum atomic E-state index is -1.25. The number of rotatable bonds is 16. The van der Waals surface area contributed by atoms with Crippen molar-refractivity contribution in [3.8, 4) is 5.75 Å². The van der Waals surface area contributed by atoms with Crippen molar-refractivity contribution in [3.05, 3.63) is 29.8 Å². The Morgan fingerprint density at radius 3 is 2.06 bits per heavy atom. The van der Waals surface area contributed by atoms with Crippen LogP contribution in [0.4, 0.5) is 0 Å². The van der Waals surface area contributed by atoms with Crippen molar-refractivity contribution < 1.29 is 34.5 Å². The SMILES string of the molecule is CCC(C)C(NC(=O)C(CCCCN)NC(=O)C(Cc1ccc(O)cc1)NC(=O)C(N)CO)C(=O)O. The van der Waals surface area contributed by atoms with Crippen LogP contribution in [-0.4, -0.2) is 76.3 Å². The van der Waals surface area contributed by atoms with Gasteiger partial charge in [-0.25, -0.2) is 4.79 Å². The lowest BCUT2D eigenvalue weighted by atomic mass is 9.98. The molecule has 1 aromatic rings. The van der Waals surface area contributed by atoms with E-state index < -0.39 is 54.5 Å². The molecule has 0 saturated heterocycles. The Morgan fingerprint density at radius 2 is 1.53 bits per heavy atom. The van der Waals surface area contributed by atoms with Crippen LogP contribution in [0.15, 0.2) is 24.3 Å². The number of hydrogen-bond acceptors (Lipinski definition) is 8. The molecule has 0 bridgehead atoms. The second kappa shape index (κ2) is 15.7. The summed E-state index contributed by atoms with van der Waals surface area (Å²) in [5.74, 6) is -3.60. The number of carbonyl (C=O) groups excluding carboxylic acids is 3. The van der Waals surface area contributed by atoms with Crippen LogP contribution in [0.25, 0.3) is 0 Å². The zero-order valence-electron chi connectivity index (χ0n) is 20.8. The molecule has 0 aliphatic carbocycles. The summed E-state index contributed by atoms with van der Waals surface area (Å²) in [6.07, 6.45) is 1.83. The lowest BCUT2D eigenvalue weighted by molar-refractivity contribution is -0.144. The molecule has 0 aromatic heterocycles. The third-order valence-corrected chi connectivity index (χ3v) is 5.90. The summed E-state index contributed by atoms with van der Waals surface area (Å²) in [7, 11) is 0. The lowest BCUT2D eigenvalue weighted by Crippen LogP contribution is -2.58. The van der Waals surface area contributed by atoms with Gasteiger partial charge in [-0.3, -0.25) is 14.4 Å². The fourth-order valence-electron chi connectivity index (χ4n) is 3.41. The van der Waals surface area contributed by atoms with Gasteiger partial charge in [0, 0.05) is 6.42 Å². The van der Waals surface area contributed by atoms with E-state index in [0.717, 1.165) is 0 Å². The number of benzene rings is 1. The molecule has 1 rings (SSSR count). The van der Waals surface area contributed by atoms with Crippen molar-refractivity contribution in [1.29, 1.82) is 0 Å². The normalized spacial score (nSPS) is 15.1. The molecule has 5 unspecified atom stereocenters. The van der Waals surface area contributed by atoms with E-state index in [2.05, 4.69) is 16.0 Å². The van der Waals surface area contributed by atoms with Gasteiger partial charge in [0.15, 0.2) is 0 Å². The fraction of sp³-hybridized carbons (Fsp3) is 0.583. The molecule has 12 nitrogen and oxygen atoms in total. The van der Waals surface area contributed by atoms with Crippen LogP contribution in [-0.2, 0) is 25.6 Å². The van der Waals surface area contributed by atoms with Gasteiger partial charge in [-0.2, -0.15) is 0 Å². The highest BCUT2D eigenvalue weighted by atomic mass is 16.4. The van der Waals surface area contributed by atoms with E-state index >= 15 is 0 Å². The summed E-state index contributed by atoms with van der Waals surface area (Å²) in [6.45, 7) is 3.26. The summed E-state index contributed by atoms with van der Waals surface area (Å²) in [6, 6.07) is 1.38. The molecule has 0 radical (unpaired) electrons. The predicted molar refractivity (Wildman–Crippen MR) is 133 cm³/mol. The molecule has 0 aliphatic rings. The van der Waals surface area contributed by atoms with Crippen LogP contribution in [0.1, 0.15) is 45.1 Å². The van der Waals surface area contributed by atoms with E-state index in [0.29, 0.717) is 31.4 Å². The molecule has 10 N–H and O–H groups in total. The van der Waals surface area contributed by atoms with Crippen molar-refractivity contribution in [2.75, 3.05) is 13.2 Å². The highest BCUT2D eigenvalue weighted by Crippen LogP contribution is 2.13. The van der Waals surface area contributed by atoms with E-state index in [1.807, 2.05) is 0 Å². The quantitative estimate of drug-likeness (QED) is 0.128. The topological polar surface area (TPSA) is 217 Å². The number of aliphatic hydroxyl groups excluding tert-OH is 1. The second-order valence-corrected chi connectivity index (χ2v) is 8.78. The van der Waals surface area contributed by atoms with Gasteiger partial charge in [0.05, 0.1) is 6.61 Å². The number of aliphatic carboxylic acids is 1. The molecule has 0 saturated carbocycles. The van der Waals surface area contributed by atoms with Crippen molar-refractivity contribution >= 4 is 23.7 Å². The van der Waals surface area contributed by atoms with E-state index in [4.69, 9.17) is 11.5 Å². The Bertz CT molecular complexity index is 865. The van der Waals surface area contributed by atoms with E-state index in [9.17, 15) is 34.5 Å². The Balaban J connectivity index is 3.12. The molecular formula is C24H39N5O7. The first kappa shape index (κ1) is 30.8. The number of carboxylic acids is 1. The van der Waals surface area contributed by atoms with E-state index in [1.54, 1.807) is 26.0 Å². The molecule has 3 amide bonds. The standard InChI is InChI=1S/C24H39N5O7/c1-3-14(2)20(24(35)36)29-22(33)18(6-4-5-11-25)27-23(34)19(28-21(32)17(26)13-30)12-15-7-9-16(31)10-8-15/h7-10,14,17-20,30-31H,3-6,11-13,25-26H2,1-2H3,(H,27,34)(H,28,32)(H,29,33)(H,35,36). The number of nitrogens with one attached hydrogen (secondary N) is 3. The second-order valence-electron chi connectivity index (χ2n) is 8.78. The van der Waals surface area contributed by atoms with Gasteiger partial charge in [-0.05, 0) is 49.4 Å². The largest absolute Gasteiger partial charge is 0.508 e. The Hall–Kier alpha value is -3.22. The fourth-order valence-corrected chi connectivity index (χ4v) is 3.41. The maximum Gasteiger partial charge on any atom is 0.326 e. The van der Waals surface area contributed by atoms with Gasteiger partial charge in [-0.1, -0.05) is 32.4 Å². The number of carboxylic acid groups (broad SMARTS) is 1. The zero-order chi connectivity index (χ0) is 27.3. The third kappa shape index (κ3) is 10.2. The van der Waals surface area contributed by atoms with Gasteiger partial charge in [0.1, 0.15) is 29.9 Å². The maximum atomic E-state index is 13.2. The number of aliphatic hydroxyl groups is 1. The minimum absolute atomic E-state index is 0.0117. The smallest absolute Gasteiger partial charge is 0.326 e. The number of phenols is 1. The average Bonchev–Trinajstić information content (AvgIpc) is 2.85. The molecule has 36 heavy (non-hydrogen) atoms. The van der Waals surface area contributed by atoms with Crippen LogP contribution >= 0.6 is 0 Å². The Kier molecular flexibility index (Phi) is 13.4. The molecule has 0 heterocycles. The van der Waals surface area contributed by atoms with Gasteiger partial charge >= 0.3 is 5.97 Å². The maximum absolute atomic E-state index is 13.2. The molecule has 0 spiro atoms. The summed E-state index contributed by atoms with van der Waals surface area (Å²) < 4.78 is 0. The number of carbonyl (C=O) groups is 4. The highest BCUT2D eigenvalue weighted by Gasteiger charge is 2.31. The predicted octanol–water partition coefficient (Wildman–Crippen LogP) is -1.03. The molecule has 12 heteroatoms. The minimum Gasteiger partial charge on any atom is -0.508 e. The van der Waals surface area contributed by atoms with Crippen LogP contribution in [0.5, 0.6) is 5.75 Å². The average molecular weight is 510 g/mol. The number of phenolic OH excluding ortho intramolecular Hbond substituents is 1. The highest BCUT2D eigenvalue weighted by molar-refractivity contribution is 5.94. The van der Waals surface area contributed by atoms with Gasteiger partial charge in [-0.15, -0.1) is 0 Å².